The lowest BCUT2D eigenvalue weighted by atomic mass is 9.83. The minimum absolute atomic E-state index is 0.748. The van der Waals surface area contributed by atoms with Crippen LogP contribution in [0.5, 0.6) is 0 Å². The van der Waals surface area contributed by atoms with Crippen molar-refractivity contribution in [2.75, 3.05) is 20.1 Å². The van der Waals surface area contributed by atoms with Crippen molar-refractivity contribution in [1.29, 1.82) is 0 Å². The van der Waals surface area contributed by atoms with Crippen LogP contribution in [0.2, 0.25) is 0 Å². The molecule has 1 saturated carbocycles. The van der Waals surface area contributed by atoms with Gasteiger partial charge in [0.05, 0.1) is 0 Å². The fourth-order valence-corrected chi connectivity index (χ4v) is 3.03. The molecule has 0 unspecified atom stereocenters. The summed E-state index contributed by atoms with van der Waals surface area (Å²) in [4.78, 5) is 5.13. The van der Waals surface area contributed by atoms with Gasteiger partial charge in [0.15, 0.2) is 0 Å². The second-order valence-electron chi connectivity index (χ2n) is 5.53. The number of piperidine rings is 1. The van der Waals surface area contributed by atoms with Gasteiger partial charge in [-0.05, 0) is 51.8 Å². The highest BCUT2D eigenvalue weighted by molar-refractivity contribution is 5.09. The Hall–Kier alpha value is -0.760. The Bertz CT molecular complexity index is 283. The van der Waals surface area contributed by atoms with E-state index in [0.717, 1.165) is 12.1 Å². The zero-order valence-corrected chi connectivity index (χ0v) is 11.4. The van der Waals surface area contributed by atoms with Gasteiger partial charge in [-0.25, -0.2) is 0 Å². The highest BCUT2D eigenvalue weighted by Crippen LogP contribution is 2.32. The highest BCUT2D eigenvalue weighted by Gasteiger charge is 2.36. The van der Waals surface area contributed by atoms with Gasteiger partial charge in [-0.2, -0.15) is 0 Å². The Morgan fingerprint density at radius 1 is 1.24 bits per heavy atom. The molecule has 0 N–H and O–H groups in total. The van der Waals surface area contributed by atoms with Gasteiger partial charge in [-0.3, -0.25) is 0 Å². The van der Waals surface area contributed by atoms with Crippen molar-refractivity contribution in [2.45, 2.75) is 51.1 Å². The van der Waals surface area contributed by atoms with E-state index in [4.69, 9.17) is 0 Å². The summed E-state index contributed by atoms with van der Waals surface area (Å²) in [5.74, 6) is 0. The zero-order chi connectivity index (χ0) is 12.3. The third-order valence-corrected chi connectivity index (χ3v) is 4.46. The van der Waals surface area contributed by atoms with Crippen LogP contribution in [0.1, 0.15) is 39.0 Å². The van der Waals surface area contributed by atoms with Crippen LogP contribution >= 0.6 is 0 Å². The minimum Gasteiger partial charge on any atom is -0.375 e. The molecule has 0 aromatic carbocycles. The third kappa shape index (κ3) is 2.92. The molecule has 0 spiro atoms. The third-order valence-electron chi connectivity index (χ3n) is 4.46. The second-order valence-corrected chi connectivity index (χ2v) is 5.53. The molecular formula is C15H26N2. The molecule has 2 rings (SSSR count). The summed E-state index contributed by atoms with van der Waals surface area (Å²) in [5.41, 5.74) is 1.34. The quantitative estimate of drug-likeness (QED) is 0.690. The Balaban J connectivity index is 1.77. The number of rotatable bonds is 4. The molecule has 0 amide bonds. The average molecular weight is 234 g/mol. The molecule has 2 fully saturated rings. The van der Waals surface area contributed by atoms with E-state index < -0.39 is 0 Å². The molecule has 1 aliphatic heterocycles. The molecule has 96 valence electrons. The van der Waals surface area contributed by atoms with E-state index >= 15 is 0 Å². The van der Waals surface area contributed by atoms with E-state index in [1.807, 2.05) is 6.08 Å². The lowest BCUT2D eigenvalue weighted by Gasteiger charge is -2.48. The summed E-state index contributed by atoms with van der Waals surface area (Å²) in [7, 11) is 2.21. The van der Waals surface area contributed by atoms with Crippen molar-refractivity contribution in [3.8, 4) is 0 Å². The Morgan fingerprint density at radius 3 is 2.47 bits per heavy atom. The number of likely N-dealkylation sites (tertiary alicyclic amines) is 1. The van der Waals surface area contributed by atoms with Crippen LogP contribution < -0.4 is 0 Å². The van der Waals surface area contributed by atoms with Crippen LogP contribution in [0.15, 0.2) is 24.4 Å². The smallest absolute Gasteiger partial charge is 0.0313 e. The van der Waals surface area contributed by atoms with Crippen molar-refractivity contribution in [3.63, 3.8) is 0 Å². The van der Waals surface area contributed by atoms with E-state index in [1.54, 1.807) is 0 Å². The van der Waals surface area contributed by atoms with Gasteiger partial charge < -0.3 is 9.80 Å². The molecule has 2 aliphatic rings. The summed E-state index contributed by atoms with van der Waals surface area (Å²) in [6.07, 6.45) is 10.9. The van der Waals surface area contributed by atoms with Crippen LogP contribution in [0.25, 0.3) is 0 Å². The van der Waals surface area contributed by atoms with Gasteiger partial charge in [0.25, 0.3) is 0 Å². The molecule has 2 nitrogen and oxygen atoms in total. The van der Waals surface area contributed by atoms with E-state index in [1.165, 1.54) is 50.9 Å². The molecule has 1 heterocycles. The van der Waals surface area contributed by atoms with Crippen LogP contribution in [-0.2, 0) is 0 Å². The lowest BCUT2D eigenvalue weighted by molar-refractivity contribution is 0.0438. The Kier molecular flexibility index (Phi) is 4.27. The summed E-state index contributed by atoms with van der Waals surface area (Å²) in [6, 6.07) is 1.61. The maximum absolute atomic E-state index is 3.76. The number of hydrogen-bond acceptors (Lipinski definition) is 2. The molecule has 0 bridgehead atoms. The van der Waals surface area contributed by atoms with Crippen LogP contribution in [0, 0.1) is 0 Å². The van der Waals surface area contributed by atoms with Gasteiger partial charge in [-0.1, -0.05) is 19.1 Å². The predicted molar refractivity (Wildman–Crippen MR) is 74.0 cm³/mol. The van der Waals surface area contributed by atoms with Crippen molar-refractivity contribution < 1.29 is 0 Å². The van der Waals surface area contributed by atoms with E-state index in [2.05, 4.69) is 36.4 Å². The van der Waals surface area contributed by atoms with Gasteiger partial charge in [0.1, 0.15) is 0 Å². The molecule has 1 saturated heterocycles. The minimum atomic E-state index is 0.748. The Morgan fingerprint density at radius 2 is 1.88 bits per heavy atom. The van der Waals surface area contributed by atoms with Gasteiger partial charge in [0.2, 0.25) is 0 Å². The van der Waals surface area contributed by atoms with E-state index in [9.17, 15) is 0 Å². The molecule has 0 aromatic heterocycles. The number of allylic oxidation sites excluding steroid dienone is 3. The first kappa shape index (κ1) is 12.7. The van der Waals surface area contributed by atoms with Crippen molar-refractivity contribution in [2.24, 2.45) is 0 Å². The fourth-order valence-electron chi connectivity index (χ4n) is 3.03. The number of nitrogens with zero attached hydrogens (tertiary/aromatic N) is 2. The maximum atomic E-state index is 3.76. The predicted octanol–water partition coefficient (Wildman–Crippen LogP) is 3.02. The van der Waals surface area contributed by atoms with Crippen molar-refractivity contribution in [3.05, 3.63) is 24.4 Å². The molecule has 0 aromatic rings. The maximum Gasteiger partial charge on any atom is 0.0313 e. The summed E-state index contributed by atoms with van der Waals surface area (Å²) in [6.45, 7) is 8.61. The molecule has 0 atom stereocenters. The molecule has 17 heavy (non-hydrogen) atoms. The van der Waals surface area contributed by atoms with Crippen molar-refractivity contribution >= 4 is 0 Å². The number of hydrogen-bond donors (Lipinski definition) is 0. The Labute approximate surface area is 106 Å². The first-order chi connectivity index (χ1) is 8.22. The van der Waals surface area contributed by atoms with Gasteiger partial charge in [-0.15, -0.1) is 0 Å². The monoisotopic (exact) mass is 234 g/mol. The summed E-state index contributed by atoms with van der Waals surface area (Å²) in [5, 5.41) is 0. The first-order valence-corrected chi connectivity index (χ1v) is 6.98. The van der Waals surface area contributed by atoms with Crippen LogP contribution in [-0.4, -0.2) is 42.0 Å². The molecule has 2 heteroatoms. The van der Waals surface area contributed by atoms with Crippen LogP contribution in [0.4, 0.5) is 0 Å². The average Bonchev–Trinajstić information content (AvgIpc) is 2.28. The molecule has 1 aliphatic carbocycles. The van der Waals surface area contributed by atoms with E-state index in [0.29, 0.717) is 0 Å². The fraction of sp³-hybridized carbons (Fsp3) is 0.733. The van der Waals surface area contributed by atoms with Crippen LogP contribution in [0.3, 0.4) is 0 Å². The van der Waals surface area contributed by atoms with Crippen molar-refractivity contribution in [1.82, 2.24) is 9.80 Å². The summed E-state index contributed by atoms with van der Waals surface area (Å²) < 4.78 is 0. The topological polar surface area (TPSA) is 6.48 Å². The molecule has 0 radical (unpaired) electrons. The SMILES string of the molecule is C=C/C=C(\C)N(C)C1CC(N2CCCCC2)C1. The van der Waals surface area contributed by atoms with Gasteiger partial charge in [0, 0.05) is 24.8 Å². The standard InChI is InChI=1S/C15H26N2/c1-4-8-13(2)16(3)14-11-15(12-14)17-9-6-5-7-10-17/h4,8,14-15H,1,5-7,9-12H2,2-3H3/b13-8+. The second kappa shape index (κ2) is 5.72. The molecular weight excluding hydrogens is 208 g/mol. The summed E-state index contributed by atoms with van der Waals surface area (Å²) >= 11 is 0. The lowest BCUT2D eigenvalue weighted by Crippen LogP contribution is -2.53. The highest BCUT2D eigenvalue weighted by atomic mass is 15.2. The largest absolute Gasteiger partial charge is 0.375 e. The normalized spacial score (nSPS) is 30.8. The first-order valence-electron chi connectivity index (χ1n) is 6.98. The van der Waals surface area contributed by atoms with Gasteiger partial charge >= 0.3 is 0 Å². The van der Waals surface area contributed by atoms with E-state index in [-0.39, 0.29) is 0 Å². The zero-order valence-electron chi connectivity index (χ0n) is 11.4.